The number of esters is 2. The molecule has 1 N–H and O–H groups in total. The van der Waals surface area contributed by atoms with Crippen LogP contribution in [0.4, 0.5) is 0 Å². The summed E-state index contributed by atoms with van der Waals surface area (Å²) in [4.78, 5) is 35.8. The van der Waals surface area contributed by atoms with Crippen LogP contribution in [0.3, 0.4) is 0 Å². The minimum absolute atomic E-state index is 0.184. The number of methoxy groups -OCH3 is 2. The maximum atomic E-state index is 12.2. The molecule has 0 radical (unpaired) electrons. The zero-order valence-electron chi connectivity index (χ0n) is 15.3. The van der Waals surface area contributed by atoms with Crippen molar-refractivity contribution < 1.29 is 28.6 Å². The number of carbonyl (C=O) groups excluding carboxylic acids is 3. The van der Waals surface area contributed by atoms with Gasteiger partial charge < -0.3 is 19.5 Å². The third kappa shape index (κ3) is 6.45. The number of rotatable bonds is 8. The molecule has 1 aromatic rings. The summed E-state index contributed by atoms with van der Waals surface area (Å²) in [6.45, 7) is 5.18. The predicted octanol–water partition coefficient (Wildman–Crippen LogP) is 1.86. The first-order valence-electron chi connectivity index (χ1n) is 7.97. The Labute approximate surface area is 147 Å². The standard InChI is InChI=1S/C18H25NO6/c1-11(2)8-14(18(22)24-5)19-16(20)10-25-17(21)13-9-12(3)6-7-15(13)23-4/h6-7,9,11,14H,8,10H2,1-5H3,(H,19,20)/t14-/m1/s1. The summed E-state index contributed by atoms with van der Waals surface area (Å²) in [7, 11) is 2.70. The quantitative estimate of drug-likeness (QED) is 0.719. The van der Waals surface area contributed by atoms with Crippen LogP contribution in [0.2, 0.25) is 0 Å². The Hall–Kier alpha value is -2.57. The molecule has 0 unspecified atom stereocenters. The van der Waals surface area contributed by atoms with E-state index < -0.39 is 30.5 Å². The molecule has 0 fully saturated rings. The molecule has 0 bridgehead atoms. The number of carbonyl (C=O) groups is 3. The summed E-state index contributed by atoms with van der Waals surface area (Å²) in [5.74, 6) is -1.23. The Morgan fingerprint density at radius 2 is 1.84 bits per heavy atom. The molecule has 0 aliphatic carbocycles. The summed E-state index contributed by atoms with van der Waals surface area (Å²) in [5.41, 5.74) is 1.10. The van der Waals surface area contributed by atoms with Crippen LogP contribution in [0.1, 0.15) is 36.2 Å². The number of amides is 1. The van der Waals surface area contributed by atoms with Gasteiger partial charge in [-0.1, -0.05) is 25.5 Å². The van der Waals surface area contributed by atoms with E-state index in [-0.39, 0.29) is 11.5 Å². The van der Waals surface area contributed by atoms with Crippen molar-refractivity contribution in [2.24, 2.45) is 5.92 Å². The van der Waals surface area contributed by atoms with Crippen LogP contribution < -0.4 is 10.1 Å². The molecule has 7 nitrogen and oxygen atoms in total. The Morgan fingerprint density at radius 1 is 1.16 bits per heavy atom. The van der Waals surface area contributed by atoms with Crippen LogP contribution in [0.5, 0.6) is 5.75 Å². The van der Waals surface area contributed by atoms with E-state index in [2.05, 4.69) is 10.1 Å². The van der Waals surface area contributed by atoms with Crippen molar-refractivity contribution in [3.63, 3.8) is 0 Å². The maximum Gasteiger partial charge on any atom is 0.342 e. The Kier molecular flexibility index (Phi) is 7.91. The Bertz CT molecular complexity index is 626. The fraction of sp³-hybridized carbons (Fsp3) is 0.500. The van der Waals surface area contributed by atoms with Crippen LogP contribution in [0.15, 0.2) is 18.2 Å². The van der Waals surface area contributed by atoms with E-state index >= 15 is 0 Å². The molecule has 0 aliphatic heterocycles. The van der Waals surface area contributed by atoms with E-state index in [0.29, 0.717) is 12.2 Å². The predicted molar refractivity (Wildman–Crippen MR) is 91.4 cm³/mol. The molecular weight excluding hydrogens is 326 g/mol. The zero-order valence-corrected chi connectivity index (χ0v) is 15.3. The lowest BCUT2D eigenvalue weighted by Gasteiger charge is -2.18. The van der Waals surface area contributed by atoms with Gasteiger partial charge in [0, 0.05) is 0 Å². The summed E-state index contributed by atoms with van der Waals surface area (Å²) >= 11 is 0. The first-order valence-corrected chi connectivity index (χ1v) is 7.97. The van der Waals surface area contributed by atoms with E-state index in [9.17, 15) is 14.4 Å². The largest absolute Gasteiger partial charge is 0.496 e. The molecule has 1 amide bonds. The average molecular weight is 351 g/mol. The minimum Gasteiger partial charge on any atom is -0.496 e. The van der Waals surface area contributed by atoms with Gasteiger partial charge in [0.15, 0.2) is 6.61 Å². The monoisotopic (exact) mass is 351 g/mol. The zero-order chi connectivity index (χ0) is 19.0. The second-order valence-electron chi connectivity index (χ2n) is 6.05. The lowest BCUT2D eigenvalue weighted by Crippen LogP contribution is -2.44. The van der Waals surface area contributed by atoms with Gasteiger partial charge in [-0.15, -0.1) is 0 Å². The highest BCUT2D eigenvalue weighted by molar-refractivity contribution is 5.94. The van der Waals surface area contributed by atoms with E-state index in [0.717, 1.165) is 5.56 Å². The molecule has 7 heteroatoms. The minimum atomic E-state index is -0.773. The summed E-state index contributed by atoms with van der Waals surface area (Å²) in [6, 6.07) is 4.30. The Balaban J connectivity index is 2.67. The van der Waals surface area contributed by atoms with Crippen molar-refractivity contribution in [2.45, 2.75) is 33.2 Å². The molecule has 1 aromatic carbocycles. The van der Waals surface area contributed by atoms with E-state index in [1.54, 1.807) is 18.2 Å². The third-order valence-corrected chi connectivity index (χ3v) is 3.44. The highest BCUT2D eigenvalue weighted by atomic mass is 16.5. The topological polar surface area (TPSA) is 90.9 Å². The van der Waals surface area contributed by atoms with Gasteiger partial charge >= 0.3 is 11.9 Å². The summed E-state index contributed by atoms with van der Waals surface area (Å²) < 4.78 is 14.8. The van der Waals surface area contributed by atoms with Crippen molar-refractivity contribution in [1.29, 1.82) is 0 Å². The van der Waals surface area contributed by atoms with Crippen molar-refractivity contribution in [3.05, 3.63) is 29.3 Å². The number of hydrogen-bond donors (Lipinski definition) is 1. The van der Waals surface area contributed by atoms with Gasteiger partial charge in [0.05, 0.1) is 14.2 Å². The van der Waals surface area contributed by atoms with E-state index in [1.807, 2.05) is 20.8 Å². The van der Waals surface area contributed by atoms with Crippen LogP contribution in [0, 0.1) is 12.8 Å². The van der Waals surface area contributed by atoms with Gasteiger partial charge in [-0.2, -0.15) is 0 Å². The lowest BCUT2D eigenvalue weighted by molar-refractivity contribution is -0.145. The SMILES string of the molecule is COC(=O)[C@@H](CC(C)C)NC(=O)COC(=O)c1cc(C)ccc1OC. The summed E-state index contributed by atoms with van der Waals surface area (Å²) in [6.07, 6.45) is 0.429. The third-order valence-electron chi connectivity index (χ3n) is 3.44. The maximum absolute atomic E-state index is 12.2. The normalized spacial score (nSPS) is 11.6. The number of benzene rings is 1. The van der Waals surface area contributed by atoms with Crippen molar-refractivity contribution in [2.75, 3.05) is 20.8 Å². The van der Waals surface area contributed by atoms with Gasteiger partial charge in [-0.3, -0.25) is 4.79 Å². The number of aryl methyl sites for hydroxylation is 1. The fourth-order valence-corrected chi connectivity index (χ4v) is 2.25. The molecule has 0 aromatic heterocycles. The molecule has 138 valence electrons. The second kappa shape index (κ2) is 9.66. The van der Waals surface area contributed by atoms with Crippen LogP contribution in [-0.4, -0.2) is 44.7 Å². The second-order valence-corrected chi connectivity index (χ2v) is 6.05. The molecule has 0 heterocycles. The van der Waals surface area contributed by atoms with Crippen molar-refractivity contribution >= 4 is 17.8 Å². The molecule has 1 rings (SSSR count). The molecule has 0 saturated carbocycles. The number of nitrogens with one attached hydrogen (secondary N) is 1. The van der Waals surface area contributed by atoms with Gasteiger partial charge in [-0.05, 0) is 31.4 Å². The molecule has 0 saturated heterocycles. The number of ether oxygens (including phenoxy) is 3. The highest BCUT2D eigenvalue weighted by Gasteiger charge is 2.23. The molecule has 25 heavy (non-hydrogen) atoms. The van der Waals surface area contributed by atoms with Crippen molar-refractivity contribution in [1.82, 2.24) is 5.32 Å². The molecule has 1 atom stereocenters. The lowest BCUT2D eigenvalue weighted by atomic mass is 10.0. The van der Waals surface area contributed by atoms with E-state index in [1.165, 1.54) is 14.2 Å². The molecule has 0 aliphatic rings. The van der Waals surface area contributed by atoms with E-state index in [4.69, 9.17) is 9.47 Å². The molecule has 0 spiro atoms. The Morgan fingerprint density at radius 3 is 2.40 bits per heavy atom. The van der Waals surface area contributed by atoms with Gasteiger partial charge in [0.2, 0.25) is 0 Å². The smallest absolute Gasteiger partial charge is 0.342 e. The van der Waals surface area contributed by atoms with Crippen LogP contribution >= 0.6 is 0 Å². The fourth-order valence-electron chi connectivity index (χ4n) is 2.25. The van der Waals surface area contributed by atoms with Gasteiger partial charge in [-0.25, -0.2) is 9.59 Å². The average Bonchev–Trinajstić information content (AvgIpc) is 2.57. The summed E-state index contributed by atoms with van der Waals surface area (Å²) in [5, 5.41) is 2.52. The molecular formula is C18H25NO6. The highest BCUT2D eigenvalue weighted by Crippen LogP contribution is 2.20. The van der Waals surface area contributed by atoms with Gasteiger partial charge in [0.1, 0.15) is 17.4 Å². The first-order chi connectivity index (χ1) is 11.8. The number of hydrogen-bond acceptors (Lipinski definition) is 6. The van der Waals surface area contributed by atoms with Crippen LogP contribution in [-0.2, 0) is 19.1 Å². The first kappa shape index (κ1) is 20.5. The van der Waals surface area contributed by atoms with Crippen LogP contribution in [0.25, 0.3) is 0 Å². The van der Waals surface area contributed by atoms with Crippen molar-refractivity contribution in [3.8, 4) is 5.75 Å². The van der Waals surface area contributed by atoms with Gasteiger partial charge in [0.25, 0.3) is 5.91 Å².